The van der Waals surface area contributed by atoms with Gasteiger partial charge in [-0.25, -0.2) is 16.8 Å². The number of nitrogens with zero attached hydrogens (tertiary/aromatic N) is 1. The van der Waals surface area contributed by atoms with Crippen molar-refractivity contribution in [2.75, 3.05) is 24.2 Å². The van der Waals surface area contributed by atoms with E-state index in [-0.39, 0.29) is 22.0 Å². The average molecular weight is 481 g/mol. The Bertz CT molecular complexity index is 1060. The van der Waals surface area contributed by atoms with Crippen LogP contribution in [0.2, 0.25) is 0 Å². The molecule has 0 spiro atoms. The van der Waals surface area contributed by atoms with E-state index >= 15 is 0 Å². The number of anilines is 1. The molecule has 0 aliphatic rings. The molecular formula is C23H32N2O5S2. The summed E-state index contributed by atoms with van der Waals surface area (Å²) in [6, 6.07) is 14.0. The molecule has 0 saturated heterocycles. The van der Waals surface area contributed by atoms with Crippen molar-refractivity contribution in [3.8, 4) is 0 Å². The van der Waals surface area contributed by atoms with Crippen molar-refractivity contribution in [3.05, 3.63) is 54.6 Å². The Morgan fingerprint density at radius 3 is 1.91 bits per heavy atom. The van der Waals surface area contributed by atoms with Crippen LogP contribution in [0.15, 0.2) is 64.4 Å². The predicted molar refractivity (Wildman–Crippen MR) is 127 cm³/mol. The van der Waals surface area contributed by atoms with Gasteiger partial charge in [0.2, 0.25) is 15.9 Å². The van der Waals surface area contributed by atoms with Crippen LogP contribution in [-0.4, -0.2) is 45.9 Å². The van der Waals surface area contributed by atoms with Crippen LogP contribution < -0.4 is 5.32 Å². The lowest BCUT2D eigenvalue weighted by atomic mass is 10.3. The number of unbranched alkanes of at least 4 members (excludes halogenated alkanes) is 2. The summed E-state index contributed by atoms with van der Waals surface area (Å²) in [5, 5.41) is 2.63. The van der Waals surface area contributed by atoms with Crippen molar-refractivity contribution < 1.29 is 21.6 Å². The highest BCUT2D eigenvalue weighted by Crippen LogP contribution is 2.20. The molecule has 0 heterocycles. The number of hydrogen-bond donors (Lipinski definition) is 1. The van der Waals surface area contributed by atoms with Crippen LogP contribution >= 0.6 is 0 Å². The summed E-state index contributed by atoms with van der Waals surface area (Å²) in [5.41, 5.74) is 0.416. The summed E-state index contributed by atoms with van der Waals surface area (Å²) < 4.78 is 52.1. The Labute approximate surface area is 191 Å². The summed E-state index contributed by atoms with van der Waals surface area (Å²) in [6.07, 6.45) is 3.21. The van der Waals surface area contributed by atoms with Crippen molar-refractivity contribution in [1.82, 2.24) is 4.31 Å². The topological polar surface area (TPSA) is 101 Å². The highest BCUT2D eigenvalue weighted by atomic mass is 32.2. The van der Waals surface area contributed by atoms with Crippen LogP contribution in [0.1, 0.15) is 46.0 Å². The molecule has 0 fully saturated rings. The number of amides is 1. The molecule has 0 saturated carbocycles. The summed E-state index contributed by atoms with van der Waals surface area (Å²) in [7, 11) is -7.15. The molecule has 0 aromatic heterocycles. The van der Waals surface area contributed by atoms with Crippen molar-refractivity contribution in [1.29, 1.82) is 0 Å². The monoisotopic (exact) mass is 480 g/mol. The third-order valence-corrected chi connectivity index (χ3v) is 8.64. The van der Waals surface area contributed by atoms with Crippen molar-refractivity contribution in [2.45, 2.75) is 55.7 Å². The molecule has 1 amide bonds. The third kappa shape index (κ3) is 7.43. The van der Waals surface area contributed by atoms with Gasteiger partial charge in [-0.15, -0.1) is 0 Å². The lowest BCUT2D eigenvalue weighted by Crippen LogP contribution is -2.33. The second-order valence-electron chi connectivity index (χ2n) is 7.57. The fourth-order valence-electron chi connectivity index (χ4n) is 3.08. The smallest absolute Gasteiger partial charge is 0.243 e. The van der Waals surface area contributed by atoms with Crippen LogP contribution in [0, 0.1) is 0 Å². The van der Waals surface area contributed by atoms with Gasteiger partial charge in [-0.2, -0.15) is 4.31 Å². The molecule has 2 rings (SSSR count). The Hall–Kier alpha value is -2.23. The van der Waals surface area contributed by atoms with E-state index in [1.165, 1.54) is 40.7 Å². The fourth-order valence-corrected chi connectivity index (χ4v) is 5.86. The Kier molecular flexibility index (Phi) is 9.86. The summed E-state index contributed by atoms with van der Waals surface area (Å²) >= 11 is 0. The van der Waals surface area contributed by atoms with Gasteiger partial charge in [-0.3, -0.25) is 4.79 Å². The molecule has 1 N–H and O–H groups in total. The van der Waals surface area contributed by atoms with E-state index in [4.69, 9.17) is 0 Å². The molecule has 176 valence electrons. The number of carbonyl (C=O) groups excluding carboxylic acids is 1. The van der Waals surface area contributed by atoms with E-state index in [2.05, 4.69) is 5.32 Å². The highest BCUT2D eigenvalue weighted by molar-refractivity contribution is 7.91. The highest BCUT2D eigenvalue weighted by Gasteiger charge is 2.23. The summed E-state index contributed by atoms with van der Waals surface area (Å²) in [5.74, 6) is -0.758. The number of sulfone groups is 1. The standard InChI is InChI=1S/C23H32N2O5S2/c1-3-5-17-25(18-6-4-2)32(29,30)22-14-12-20(13-15-22)24-23(26)16-19-31(27,28)21-10-8-7-9-11-21/h7-15H,3-6,16-19H2,1-2H3,(H,24,26). The van der Waals surface area contributed by atoms with Gasteiger partial charge in [0.05, 0.1) is 15.5 Å². The normalized spacial score (nSPS) is 12.1. The van der Waals surface area contributed by atoms with E-state index in [1.54, 1.807) is 18.2 Å². The third-order valence-electron chi connectivity index (χ3n) is 5.00. The van der Waals surface area contributed by atoms with Crippen molar-refractivity contribution in [3.63, 3.8) is 0 Å². The number of rotatable bonds is 13. The zero-order chi connectivity index (χ0) is 23.6. The molecule has 0 unspecified atom stereocenters. The van der Waals surface area contributed by atoms with Gasteiger partial charge in [0.15, 0.2) is 9.84 Å². The minimum atomic E-state index is -3.61. The number of sulfonamides is 1. The first kappa shape index (κ1) is 26.0. The zero-order valence-corrected chi connectivity index (χ0v) is 20.3. The molecule has 0 aliphatic carbocycles. The lowest BCUT2D eigenvalue weighted by Gasteiger charge is -2.22. The molecule has 0 radical (unpaired) electrons. The maximum atomic E-state index is 13.0. The molecule has 0 atom stereocenters. The molecule has 0 aliphatic heterocycles. The largest absolute Gasteiger partial charge is 0.326 e. The second-order valence-corrected chi connectivity index (χ2v) is 11.6. The number of hydrogen-bond acceptors (Lipinski definition) is 5. The van der Waals surface area contributed by atoms with Gasteiger partial charge in [-0.1, -0.05) is 44.9 Å². The van der Waals surface area contributed by atoms with Crippen LogP contribution in [0.5, 0.6) is 0 Å². The van der Waals surface area contributed by atoms with Gasteiger partial charge < -0.3 is 5.32 Å². The van der Waals surface area contributed by atoms with E-state index in [9.17, 15) is 21.6 Å². The predicted octanol–water partition coefficient (Wildman–Crippen LogP) is 4.08. The van der Waals surface area contributed by atoms with Gasteiger partial charge >= 0.3 is 0 Å². The van der Waals surface area contributed by atoms with E-state index in [1.807, 2.05) is 13.8 Å². The molecule has 0 bridgehead atoms. The summed E-state index contributed by atoms with van der Waals surface area (Å²) in [6.45, 7) is 5.00. The van der Waals surface area contributed by atoms with Gasteiger partial charge in [0.1, 0.15) is 0 Å². The van der Waals surface area contributed by atoms with E-state index in [0.29, 0.717) is 18.8 Å². The molecular weight excluding hydrogens is 448 g/mol. The maximum Gasteiger partial charge on any atom is 0.243 e. The van der Waals surface area contributed by atoms with Crippen molar-refractivity contribution >= 4 is 31.5 Å². The Balaban J connectivity index is 2.01. The SMILES string of the molecule is CCCCN(CCCC)S(=O)(=O)c1ccc(NC(=O)CCS(=O)(=O)c2ccccc2)cc1. The maximum absolute atomic E-state index is 13.0. The van der Waals surface area contributed by atoms with E-state index in [0.717, 1.165) is 25.7 Å². The van der Waals surface area contributed by atoms with Crippen LogP contribution in [0.4, 0.5) is 5.69 Å². The minimum absolute atomic E-state index is 0.175. The second kappa shape index (κ2) is 12.1. The van der Waals surface area contributed by atoms with Crippen LogP contribution in [-0.2, 0) is 24.7 Å². The quantitative estimate of drug-likeness (QED) is 0.466. The molecule has 32 heavy (non-hydrogen) atoms. The first-order chi connectivity index (χ1) is 15.2. The van der Waals surface area contributed by atoms with Crippen LogP contribution in [0.25, 0.3) is 0 Å². The van der Waals surface area contributed by atoms with Crippen molar-refractivity contribution in [2.24, 2.45) is 0 Å². The van der Waals surface area contributed by atoms with E-state index < -0.39 is 25.8 Å². The van der Waals surface area contributed by atoms with Crippen LogP contribution in [0.3, 0.4) is 0 Å². The summed E-state index contributed by atoms with van der Waals surface area (Å²) in [4.78, 5) is 12.6. The lowest BCUT2D eigenvalue weighted by molar-refractivity contribution is -0.115. The minimum Gasteiger partial charge on any atom is -0.326 e. The fraction of sp³-hybridized carbons (Fsp3) is 0.435. The Morgan fingerprint density at radius 2 is 1.38 bits per heavy atom. The molecule has 2 aromatic carbocycles. The molecule has 7 nitrogen and oxygen atoms in total. The van der Waals surface area contributed by atoms with Gasteiger partial charge in [0.25, 0.3) is 0 Å². The average Bonchev–Trinajstić information content (AvgIpc) is 2.78. The van der Waals surface area contributed by atoms with Gasteiger partial charge in [-0.05, 0) is 49.2 Å². The zero-order valence-electron chi connectivity index (χ0n) is 18.7. The number of carbonyl (C=O) groups is 1. The van der Waals surface area contributed by atoms with Gasteiger partial charge in [0, 0.05) is 25.2 Å². The number of benzene rings is 2. The molecule has 9 heteroatoms. The molecule has 2 aromatic rings. The number of nitrogens with one attached hydrogen (secondary N) is 1. The Morgan fingerprint density at radius 1 is 0.812 bits per heavy atom. The first-order valence-electron chi connectivity index (χ1n) is 10.9. The first-order valence-corrected chi connectivity index (χ1v) is 14.0.